The normalized spacial score (nSPS) is 10.4. The molecular weight excluding hydrogens is 436 g/mol. The lowest BCUT2D eigenvalue weighted by atomic mass is 10.2. The SMILES string of the molecule is COC(=O)c1cc([N+](=O)[O-])c(=O)n(CC(=O)Nc2cccc(CSc3ccccn3)c2)c1. The number of hydrogen-bond donors (Lipinski definition) is 1. The van der Waals surface area contributed by atoms with Crippen molar-refractivity contribution in [3.05, 3.63) is 92.5 Å². The van der Waals surface area contributed by atoms with Gasteiger partial charge < -0.3 is 10.1 Å². The Kier molecular flexibility index (Phi) is 7.34. The van der Waals surface area contributed by atoms with Crippen molar-refractivity contribution in [2.45, 2.75) is 17.3 Å². The highest BCUT2D eigenvalue weighted by atomic mass is 32.2. The lowest BCUT2D eigenvalue weighted by Gasteiger charge is -2.10. The van der Waals surface area contributed by atoms with E-state index in [0.29, 0.717) is 11.4 Å². The quantitative estimate of drug-likeness (QED) is 0.238. The molecule has 0 saturated carbocycles. The fraction of sp³-hybridized carbons (Fsp3) is 0.143. The summed E-state index contributed by atoms with van der Waals surface area (Å²) in [5.74, 6) is -0.814. The molecule has 0 radical (unpaired) electrons. The van der Waals surface area contributed by atoms with Crippen molar-refractivity contribution in [3.63, 3.8) is 0 Å². The Morgan fingerprint density at radius 1 is 1.22 bits per heavy atom. The Balaban J connectivity index is 1.73. The molecule has 1 amide bonds. The molecule has 0 unspecified atom stereocenters. The Labute approximate surface area is 186 Å². The molecule has 0 spiro atoms. The molecule has 10 nitrogen and oxygen atoms in total. The van der Waals surface area contributed by atoms with E-state index >= 15 is 0 Å². The summed E-state index contributed by atoms with van der Waals surface area (Å²) in [4.78, 5) is 51.0. The maximum Gasteiger partial charge on any atom is 0.339 e. The molecule has 0 fully saturated rings. The van der Waals surface area contributed by atoms with Crippen LogP contribution in [0.25, 0.3) is 0 Å². The molecule has 0 bridgehead atoms. The second-order valence-corrected chi connectivity index (χ2v) is 7.50. The first-order valence-corrected chi connectivity index (χ1v) is 10.3. The molecule has 2 heterocycles. The molecule has 1 aromatic carbocycles. The minimum absolute atomic E-state index is 0.208. The zero-order chi connectivity index (χ0) is 23.1. The Morgan fingerprint density at radius 2 is 2.03 bits per heavy atom. The van der Waals surface area contributed by atoms with Crippen LogP contribution in [0.4, 0.5) is 11.4 Å². The molecule has 0 aliphatic rings. The average molecular weight is 454 g/mol. The van der Waals surface area contributed by atoms with Gasteiger partial charge in [-0.05, 0) is 29.8 Å². The molecule has 1 N–H and O–H groups in total. The molecule has 11 heteroatoms. The zero-order valence-electron chi connectivity index (χ0n) is 16.9. The van der Waals surface area contributed by atoms with Crippen LogP contribution in [0.3, 0.4) is 0 Å². The number of anilines is 1. The predicted octanol–water partition coefficient (Wildman–Crippen LogP) is 2.87. The molecule has 0 atom stereocenters. The van der Waals surface area contributed by atoms with E-state index in [1.165, 1.54) is 11.8 Å². The van der Waals surface area contributed by atoms with Crippen molar-refractivity contribution in [2.24, 2.45) is 0 Å². The summed E-state index contributed by atoms with van der Waals surface area (Å²) in [5.41, 5.74) is -0.590. The van der Waals surface area contributed by atoms with Gasteiger partial charge in [-0.1, -0.05) is 18.2 Å². The number of hydrogen-bond acceptors (Lipinski definition) is 8. The summed E-state index contributed by atoms with van der Waals surface area (Å²) in [6.07, 6.45) is 2.77. The summed E-state index contributed by atoms with van der Waals surface area (Å²) in [5, 5.41) is 14.7. The van der Waals surface area contributed by atoms with Crippen LogP contribution in [0, 0.1) is 10.1 Å². The number of amides is 1. The third-order valence-corrected chi connectivity index (χ3v) is 5.25. The van der Waals surface area contributed by atoms with Crippen LogP contribution in [-0.4, -0.2) is 33.5 Å². The van der Waals surface area contributed by atoms with E-state index in [4.69, 9.17) is 0 Å². The number of nitrogens with zero attached hydrogens (tertiary/aromatic N) is 3. The Hall–Kier alpha value is -3.99. The monoisotopic (exact) mass is 454 g/mol. The standard InChI is InChI=1S/C21H18N4O6S/c1-31-21(28)15-10-17(25(29)30)20(27)24(11-15)12-18(26)23-16-6-4-5-14(9-16)13-32-19-7-2-3-8-22-19/h2-11H,12-13H2,1H3,(H,23,26). The summed E-state index contributed by atoms with van der Waals surface area (Å²) >= 11 is 1.54. The van der Waals surface area contributed by atoms with Crippen LogP contribution in [0.2, 0.25) is 0 Å². The molecule has 3 aromatic rings. The molecule has 32 heavy (non-hydrogen) atoms. The highest BCUT2D eigenvalue weighted by Gasteiger charge is 2.21. The van der Waals surface area contributed by atoms with Gasteiger partial charge in [-0.3, -0.25) is 24.3 Å². The molecule has 0 aliphatic heterocycles. The maximum absolute atomic E-state index is 12.5. The van der Waals surface area contributed by atoms with Crippen molar-refractivity contribution in [1.82, 2.24) is 9.55 Å². The van der Waals surface area contributed by atoms with Crippen LogP contribution in [0.5, 0.6) is 0 Å². The smallest absolute Gasteiger partial charge is 0.339 e. The second-order valence-electron chi connectivity index (χ2n) is 6.50. The number of pyridine rings is 2. The van der Waals surface area contributed by atoms with Gasteiger partial charge in [-0.2, -0.15) is 0 Å². The van der Waals surface area contributed by atoms with Gasteiger partial charge in [0.15, 0.2) is 0 Å². The lowest BCUT2D eigenvalue weighted by molar-refractivity contribution is -0.386. The van der Waals surface area contributed by atoms with Gasteiger partial charge >= 0.3 is 17.2 Å². The van der Waals surface area contributed by atoms with Gasteiger partial charge in [0, 0.05) is 29.9 Å². The Morgan fingerprint density at radius 3 is 2.72 bits per heavy atom. The van der Waals surface area contributed by atoms with Crippen LogP contribution < -0.4 is 10.9 Å². The van der Waals surface area contributed by atoms with Gasteiger partial charge in [-0.15, -0.1) is 11.8 Å². The number of nitro groups is 1. The number of thioether (sulfide) groups is 1. The van der Waals surface area contributed by atoms with Crippen molar-refractivity contribution >= 4 is 35.0 Å². The van der Waals surface area contributed by atoms with Gasteiger partial charge in [0.1, 0.15) is 6.54 Å². The van der Waals surface area contributed by atoms with E-state index in [0.717, 1.165) is 34.5 Å². The van der Waals surface area contributed by atoms with E-state index in [1.54, 1.807) is 24.4 Å². The number of nitrogens with one attached hydrogen (secondary N) is 1. The number of benzene rings is 1. The first-order chi connectivity index (χ1) is 15.4. The number of carbonyl (C=O) groups excluding carboxylic acids is 2. The molecule has 0 saturated heterocycles. The van der Waals surface area contributed by atoms with E-state index in [9.17, 15) is 24.5 Å². The number of ether oxygens (including phenoxy) is 1. The highest BCUT2D eigenvalue weighted by Crippen LogP contribution is 2.22. The van der Waals surface area contributed by atoms with E-state index < -0.39 is 34.6 Å². The second kappa shape index (κ2) is 10.4. The topological polar surface area (TPSA) is 133 Å². The van der Waals surface area contributed by atoms with E-state index in [-0.39, 0.29) is 5.56 Å². The molecule has 0 aliphatic carbocycles. The first-order valence-electron chi connectivity index (χ1n) is 9.27. The van der Waals surface area contributed by atoms with Gasteiger partial charge in [-0.25, -0.2) is 9.78 Å². The fourth-order valence-electron chi connectivity index (χ4n) is 2.78. The maximum atomic E-state index is 12.5. The minimum Gasteiger partial charge on any atom is -0.465 e. The third kappa shape index (κ3) is 5.79. The van der Waals surface area contributed by atoms with Crippen molar-refractivity contribution in [3.8, 4) is 0 Å². The predicted molar refractivity (Wildman–Crippen MR) is 118 cm³/mol. The van der Waals surface area contributed by atoms with Gasteiger partial charge in [0.25, 0.3) is 0 Å². The fourth-order valence-corrected chi connectivity index (χ4v) is 3.59. The summed E-state index contributed by atoms with van der Waals surface area (Å²) in [6.45, 7) is -0.516. The van der Waals surface area contributed by atoms with Crippen LogP contribution in [0.1, 0.15) is 15.9 Å². The number of rotatable bonds is 8. The van der Waals surface area contributed by atoms with Crippen molar-refractivity contribution in [1.29, 1.82) is 0 Å². The molecule has 164 valence electrons. The molecular formula is C21H18N4O6S. The number of methoxy groups -OCH3 is 1. The first kappa shape index (κ1) is 22.7. The number of esters is 1. The average Bonchev–Trinajstić information content (AvgIpc) is 2.79. The molecule has 2 aromatic heterocycles. The van der Waals surface area contributed by atoms with Crippen LogP contribution in [-0.2, 0) is 21.8 Å². The third-order valence-electron chi connectivity index (χ3n) is 4.23. The van der Waals surface area contributed by atoms with Crippen molar-refractivity contribution < 1.29 is 19.2 Å². The summed E-state index contributed by atoms with van der Waals surface area (Å²) in [7, 11) is 1.11. The van der Waals surface area contributed by atoms with Crippen LogP contribution >= 0.6 is 11.8 Å². The van der Waals surface area contributed by atoms with E-state index in [2.05, 4.69) is 15.0 Å². The Bertz CT molecular complexity index is 1210. The largest absolute Gasteiger partial charge is 0.465 e. The van der Waals surface area contributed by atoms with Crippen LogP contribution in [0.15, 0.2) is 70.7 Å². The number of aromatic nitrogens is 2. The lowest BCUT2D eigenvalue weighted by Crippen LogP contribution is -2.29. The van der Waals surface area contributed by atoms with Gasteiger partial charge in [0.2, 0.25) is 5.91 Å². The summed E-state index contributed by atoms with van der Waals surface area (Å²) in [6, 6.07) is 13.6. The zero-order valence-corrected chi connectivity index (χ0v) is 17.7. The van der Waals surface area contributed by atoms with Gasteiger partial charge in [0.05, 0.1) is 22.6 Å². The number of carbonyl (C=O) groups is 2. The highest BCUT2D eigenvalue weighted by molar-refractivity contribution is 7.98. The van der Waals surface area contributed by atoms with Crippen molar-refractivity contribution in [2.75, 3.05) is 12.4 Å². The minimum atomic E-state index is -1.00. The molecule has 3 rings (SSSR count). The summed E-state index contributed by atoms with van der Waals surface area (Å²) < 4.78 is 5.36. The van der Waals surface area contributed by atoms with E-state index in [1.807, 2.05) is 24.3 Å².